The van der Waals surface area contributed by atoms with Gasteiger partial charge in [0.05, 0.1) is 24.9 Å². The van der Waals surface area contributed by atoms with Crippen LogP contribution < -0.4 is 5.73 Å². The van der Waals surface area contributed by atoms with Crippen molar-refractivity contribution in [2.45, 2.75) is 87.2 Å². The van der Waals surface area contributed by atoms with Gasteiger partial charge in [0.15, 0.2) is 11.5 Å². The largest absolute Gasteiger partial charge is 0.506 e. The molecule has 5 unspecified atom stereocenters. The molecule has 1 saturated heterocycles. The van der Waals surface area contributed by atoms with Gasteiger partial charge in [-0.3, -0.25) is 0 Å². The summed E-state index contributed by atoms with van der Waals surface area (Å²) in [7, 11) is 0. The van der Waals surface area contributed by atoms with Gasteiger partial charge in [-0.1, -0.05) is 0 Å². The monoisotopic (exact) mass is 503 g/mol. The van der Waals surface area contributed by atoms with E-state index in [-0.39, 0.29) is 6.42 Å². The number of aliphatic hydroxyl groups excluding tert-OH is 11. The maximum atomic E-state index is 10.4. The molecule has 202 valence electrons. The molecule has 1 heterocycles. The summed E-state index contributed by atoms with van der Waals surface area (Å²) < 4.78 is 15.4. The third-order valence-electron chi connectivity index (χ3n) is 5.38. The van der Waals surface area contributed by atoms with E-state index in [0.717, 1.165) is 0 Å². The van der Waals surface area contributed by atoms with Gasteiger partial charge in [-0.15, -0.1) is 0 Å². The molecule has 0 aromatic rings. The Morgan fingerprint density at radius 1 is 0.941 bits per heavy atom. The van der Waals surface area contributed by atoms with Gasteiger partial charge >= 0.3 is 0 Å². The van der Waals surface area contributed by atoms with Crippen LogP contribution in [0.3, 0.4) is 0 Å². The van der Waals surface area contributed by atoms with Crippen molar-refractivity contribution in [1.82, 2.24) is 0 Å². The predicted octanol–water partition coefficient (Wildman–Crippen LogP) is -5.53. The third-order valence-corrected chi connectivity index (χ3v) is 5.38. The summed E-state index contributed by atoms with van der Waals surface area (Å²) in [5, 5.41) is 108. The molecule has 1 rings (SSSR count). The van der Waals surface area contributed by atoms with E-state index in [1.165, 1.54) is 6.92 Å². The molecular formula is C19H37NO14. The molecule has 0 aliphatic carbocycles. The van der Waals surface area contributed by atoms with E-state index in [4.69, 9.17) is 30.2 Å². The first-order chi connectivity index (χ1) is 15.9. The highest BCUT2D eigenvalue weighted by atomic mass is 16.7. The molecular weight excluding hydrogens is 466 g/mol. The van der Waals surface area contributed by atoms with Crippen LogP contribution in [0.2, 0.25) is 0 Å². The van der Waals surface area contributed by atoms with Crippen LogP contribution in [0.1, 0.15) is 19.8 Å². The fraction of sp³-hybridized carbons (Fsp3) is 0.895. The number of hydrogen-bond acceptors (Lipinski definition) is 15. The van der Waals surface area contributed by atoms with Gasteiger partial charge in [-0.25, -0.2) is 0 Å². The van der Waals surface area contributed by atoms with E-state index < -0.39 is 105 Å². The van der Waals surface area contributed by atoms with E-state index >= 15 is 0 Å². The quantitative estimate of drug-likeness (QED) is 0.0778. The first-order valence-corrected chi connectivity index (χ1v) is 10.7. The Labute approximate surface area is 195 Å². The van der Waals surface area contributed by atoms with Crippen LogP contribution in [0.15, 0.2) is 11.5 Å². The zero-order valence-corrected chi connectivity index (χ0v) is 18.6. The van der Waals surface area contributed by atoms with Crippen molar-refractivity contribution in [3.05, 3.63) is 11.5 Å². The molecule has 34 heavy (non-hydrogen) atoms. The van der Waals surface area contributed by atoms with Crippen molar-refractivity contribution in [1.29, 1.82) is 0 Å². The summed E-state index contributed by atoms with van der Waals surface area (Å²) in [6.45, 7) is -0.196. The van der Waals surface area contributed by atoms with Gasteiger partial charge in [0, 0.05) is 19.6 Å². The highest BCUT2D eigenvalue weighted by Gasteiger charge is 2.41. The van der Waals surface area contributed by atoms with Crippen molar-refractivity contribution >= 4 is 0 Å². The summed E-state index contributed by atoms with van der Waals surface area (Å²) in [6.07, 6.45) is -17.8. The van der Waals surface area contributed by atoms with Crippen LogP contribution in [0.5, 0.6) is 0 Å². The minimum Gasteiger partial charge on any atom is -0.506 e. The van der Waals surface area contributed by atoms with Gasteiger partial charge in [0.1, 0.15) is 36.6 Å². The predicted molar refractivity (Wildman–Crippen MR) is 110 cm³/mol. The fourth-order valence-corrected chi connectivity index (χ4v) is 3.14. The minimum atomic E-state index is -2.38. The lowest BCUT2D eigenvalue weighted by atomic mass is 9.94. The average molecular weight is 503 g/mol. The Morgan fingerprint density at radius 3 is 2.09 bits per heavy atom. The van der Waals surface area contributed by atoms with Crippen LogP contribution in [-0.2, 0) is 14.2 Å². The summed E-state index contributed by atoms with van der Waals surface area (Å²) in [5.41, 5.74) is 5.69. The Bertz CT molecular complexity index is 624. The Kier molecular flexibility index (Phi) is 13.1. The van der Waals surface area contributed by atoms with E-state index in [1.807, 2.05) is 0 Å². The molecule has 1 fully saturated rings. The summed E-state index contributed by atoms with van der Waals surface area (Å²) in [5.74, 6) is -2.12. The van der Waals surface area contributed by atoms with Gasteiger partial charge < -0.3 is 76.1 Å². The van der Waals surface area contributed by atoms with Crippen molar-refractivity contribution in [2.75, 3.05) is 19.8 Å². The zero-order valence-electron chi connectivity index (χ0n) is 18.6. The molecule has 1 aliphatic heterocycles. The smallest absolute Gasteiger partial charge is 0.226 e. The highest BCUT2D eigenvalue weighted by molar-refractivity contribution is 5.08. The molecule has 0 spiro atoms. The van der Waals surface area contributed by atoms with E-state index in [0.29, 0.717) is 0 Å². The van der Waals surface area contributed by atoms with Crippen molar-refractivity contribution in [3.8, 4) is 0 Å². The first kappa shape index (κ1) is 30.9. The summed E-state index contributed by atoms with van der Waals surface area (Å²) in [6, 6.07) is -0.892. The van der Waals surface area contributed by atoms with E-state index in [9.17, 15) is 46.0 Å². The maximum absolute atomic E-state index is 10.4. The minimum absolute atomic E-state index is 0.350. The Balaban J connectivity index is 2.99. The molecule has 0 bridgehead atoms. The van der Waals surface area contributed by atoms with Gasteiger partial charge in [0.2, 0.25) is 12.6 Å². The Morgan fingerprint density at radius 2 is 1.53 bits per heavy atom. The molecule has 15 nitrogen and oxygen atoms in total. The second-order valence-corrected chi connectivity index (χ2v) is 7.97. The third kappa shape index (κ3) is 8.20. The number of rotatable bonds is 14. The molecule has 0 aromatic heterocycles. The standard InChI is InChI=1S/C19H37NO14/c1-7-11(20)15(28)14(27)10(33-7)6-32-19(31)17(13(26)9(24)3-5-22)34-18(30)16(29)12(25)8(23)2-4-21/h7-12,14-16,18-19,21-31H,2-6,20H2,1H3/b17-13-/t7-,8-,9+,10?,11?,12?,14-,15?,16?,18-,19-/m1/s1. The SMILES string of the molecule is C[C@H]1OC(CO[C@@H](O)/C(O[C@@H](O)C(O)C(O)[C@H](O)CCO)=C(/O)[C@@H](O)CCO)[C@@H](O)C(O)C1N. The highest BCUT2D eigenvalue weighted by Crippen LogP contribution is 2.23. The number of nitrogens with two attached hydrogens (primary N) is 1. The Hall–Kier alpha value is -1.18. The normalized spacial score (nSPS) is 31.7. The molecule has 11 atom stereocenters. The number of hydrogen-bond donors (Lipinski definition) is 12. The van der Waals surface area contributed by atoms with E-state index in [2.05, 4.69) is 0 Å². The first-order valence-electron chi connectivity index (χ1n) is 10.7. The molecule has 0 aromatic carbocycles. The molecule has 0 amide bonds. The molecule has 15 heteroatoms. The fourth-order valence-electron chi connectivity index (χ4n) is 3.14. The van der Waals surface area contributed by atoms with Crippen LogP contribution in [0, 0.1) is 0 Å². The molecule has 0 radical (unpaired) electrons. The van der Waals surface area contributed by atoms with Crippen LogP contribution in [0.25, 0.3) is 0 Å². The van der Waals surface area contributed by atoms with Crippen molar-refractivity contribution in [2.24, 2.45) is 5.73 Å². The van der Waals surface area contributed by atoms with Crippen LogP contribution in [-0.4, -0.2) is 143 Å². The lowest BCUT2D eigenvalue weighted by Crippen LogP contribution is -2.61. The van der Waals surface area contributed by atoms with Gasteiger partial charge in [0.25, 0.3) is 0 Å². The average Bonchev–Trinajstić information content (AvgIpc) is 2.80. The van der Waals surface area contributed by atoms with Gasteiger partial charge in [-0.2, -0.15) is 0 Å². The van der Waals surface area contributed by atoms with Crippen LogP contribution in [0.4, 0.5) is 0 Å². The summed E-state index contributed by atoms with van der Waals surface area (Å²) >= 11 is 0. The van der Waals surface area contributed by atoms with Crippen molar-refractivity contribution < 1.29 is 70.4 Å². The van der Waals surface area contributed by atoms with Gasteiger partial charge in [-0.05, 0) is 13.3 Å². The molecule has 1 aliphatic rings. The maximum Gasteiger partial charge on any atom is 0.226 e. The number of aliphatic hydroxyl groups is 11. The zero-order chi connectivity index (χ0) is 26.2. The lowest BCUT2D eigenvalue weighted by Gasteiger charge is -2.40. The van der Waals surface area contributed by atoms with Crippen molar-refractivity contribution in [3.63, 3.8) is 0 Å². The number of ether oxygens (including phenoxy) is 3. The van der Waals surface area contributed by atoms with E-state index in [1.54, 1.807) is 0 Å². The van der Waals surface area contributed by atoms with Crippen LogP contribution >= 0.6 is 0 Å². The topological polar surface area (TPSA) is 276 Å². The molecule has 0 saturated carbocycles. The second-order valence-electron chi connectivity index (χ2n) is 7.97. The molecule has 13 N–H and O–H groups in total. The summed E-state index contributed by atoms with van der Waals surface area (Å²) in [4.78, 5) is 0. The lowest BCUT2D eigenvalue weighted by molar-refractivity contribution is -0.228. The second kappa shape index (κ2) is 14.4.